The Labute approximate surface area is 283 Å². The van der Waals surface area contributed by atoms with Crippen molar-refractivity contribution in [2.24, 2.45) is 14.1 Å². The van der Waals surface area contributed by atoms with Crippen molar-refractivity contribution in [1.82, 2.24) is 29.3 Å². The number of carbonyl (C=O) groups excluding carboxylic acids is 4. The van der Waals surface area contributed by atoms with Crippen LogP contribution in [0.4, 0.5) is 17.2 Å². The van der Waals surface area contributed by atoms with Crippen LogP contribution in [0, 0.1) is 0 Å². The Balaban J connectivity index is 1.01. The summed E-state index contributed by atoms with van der Waals surface area (Å²) in [7, 11) is 3.41. The Hall–Kier alpha value is -5.82. The van der Waals surface area contributed by atoms with Crippen LogP contribution in [0.15, 0.2) is 79.3 Å². The molecule has 0 atom stereocenters. The number of likely N-dealkylation sites (tertiary alicyclic amines) is 1. The largest absolute Gasteiger partial charge is 0.348 e. The van der Waals surface area contributed by atoms with E-state index in [0.29, 0.717) is 29.2 Å². The lowest BCUT2D eigenvalue weighted by molar-refractivity contribution is 0.0932. The highest BCUT2D eigenvalue weighted by Gasteiger charge is 2.18. The lowest BCUT2D eigenvalue weighted by Gasteiger charge is -2.19. The Bertz CT molecular complexity index is 1990. The van der Waals surface area contributed by atoms with Gasteiger partial charge in [-0.1, -0.05) is 37.1 Å². The number of fused-ring (bicyclic) bond motifs is 1. The zero-order valence-electron chi connectivity index (χ0n) is 27.5. The number of aryl methyl sites for hydroxylation is 2. The minimum atomic E-state index is -0.409. The first-order valence-electron chi connectivity index (χ1n) is 16.3. The summed E-state index contributed by atoms with van der Waals surface area (Å²) < 4.78 is 3.19. The maximum absolute atomic E-state index is 13.1. The number of carbonyl (C=O) groups is 4. The minimum absolute atomic E-state index is 0.206. The van der Waals surface area contributed by atoms with Crippen molar-refractivity contribution in [2.45, 2.75) is 25.7 Å². The molecule has 0 bridgehead atoms. The van der Waals surface area contributed by atoms with Crippen molar-refractivity contribution < 1.29 is 19.2 Å². The molecule has 0 saturated carbocycles. The van der Waals surface area contributed by atoms with E-state index in [1.807, 2.05) is 24.3 Å². The van der Waals surface area contributed by atoms with Crippen LogP contribution in [-0.4, -0.2) is 73.8 Å². The van der Waals surface area contributed by atoms with Crippen LogP contribution in [0.25, 0.3) is 10.8 Å². The van der Waals surface area contributed by atoms with Crippen LogP contribution >= 0.6 is 0 Å². The summed E-state index contributed by atoms with van der Waals surface area (Å²) in [6, 6.07) is 17.3. The van der Waals surface area contributed by atoms with E-state index in [2.05, 4.69) is 36.1 Å². The molecule has 0 aliphatic carbocycles. The van der Waals surface area contributed by atoms with Gasteiger partial charge in [0.2, 0.25) is 5.82 Å². The molecule has 5 aromatic rings. The number of nitrogens with one attached hydrogen (secondary N) is 4. The van der Waals surface area contributed by atoms with Crippen molar-refractivity contribution in [3.8, 4) is 0 Å². The van der Waals surface area contributed by atoms with E-state index in [-0.39, 0.29) is 29.2 Å². The normalized spacial score (nSPS) is 13.4. The number of anilines is 3. The molecule has 4 amide bonds. The zero-order chi connectivity index (χ0) is 34.3. The second-order valence-electron chi connectivity index (χ2n) is 12.2. The van der Waals surface area contributed by atoms with Crippen LogP contribution in [0.1, 0.15) is 67.6 Å². The number of hydrogen-bond acceptors (Lipinski definition) is 7. The number of rotatable bonds is 10. The van der Waals surface area contributed by atoms with Crippen molar-refractivity contribution >= 4 is 51.6 Å². The van der Waals surface area contributed by atoms with E-state index < -0.39 is 11.8 Å². The van der Waals surface area contributed by atoms with Crippen molar-refractivity contribution in [2.75, 3.05) is 42.1 Å². The maximum Gasteiger partial charge on any atom is 0.287 e. The standard InChI is InChI=1S/C36H39N9O4/c1-43-22-28(40-34(47)29-19-25-9-5-6-10-26(25)21-38-29)20-30(43)35(48)39-27-13-11-24(12-14-27)33(46)42-31-23-44(2)32(41-31)36(49)37-15-18-45-16-7-3-4-8-17-45/h5-6,9-14,19-23H,3-4,7-8,15-18H2,1-2H3,(H,37,49)(H,39,48)(H,40,47)(H,42,46). The lowest BCUT2D eigenvalue weighted by atomic mass is 10.1. The predicted octanol–water partition coefficient (Wildman–Crippen LogP) is 4.67. The molecule has 1 aliphatic rings. The van der Waals surface area contributed by atoms with Gasteiger partial charge in [-0.3, -0.25) is 24.2 Å². The van der Waals surface area contributed by atoms with Gasteiger partial charge in [-0.15, -0.1) is 0 Å². The zero-order valence-corrected chi connectivity index (χ0v) is 27.5. The van der Waals surface area contributed by atoms with Gasteiger partial charge in [0, 0.05) is 62.4 Å². The molecule has 49 heavy (non-hydrogen) atoms. The highest BCUT2D eigenvalue weighted by molar-refractivity contribution is 6.08. The molecule has 1 fully saturated rings. The molecule has 13 heteroatoms. The summed E-state index contributed by atoms with van der Waals surface area (Å²) in [5.41, 5.74) is 1.85. The summed E-state index contributed by atoms with van der Waals surface area (Å²) >= 11 is 0. The number of imidazole rings is 1. The molecular weight excluding hydrogens is 622 g/mol. The highest BCUT2D eigenvalue weighted by Crippen LogP contribution is 2.19. The van der Waals surface area contributed by atoms with Crippen molar-refractivity contribution in [1.29, 1.82) is 0 Å². The molecule has 6 rings (SSSR count). The number of hydrogen-bond donors (Lipinski definition) is 4. The quantitative estimate of drug-likeness (QED) is 0.170. The van der Waals surface area contributed by atoms with Gasteiger partial charge in [-0.25, -0.2) is 4.98 Å². The molecule has 2 aromatic carbocycles. The number of aromatic nitrogens is 4. The first kappa shape index (κ1) is 33.1. The smallest absolute Gasteiger partial charge is 0.287 e. The van der Waals surface area contributed by atoms with Gasteiger partial charge in [-0.05, 0) is 67.7 Å². The summed E-state index contributed by atoms with van der Waals surface area (Å²) in [6.45, 7) is 3.44. The van der Waals surface area contributed by atoms with Gasteiger partial charge in [0.25, 0.3) is 23.6 Å². The minimum Gasteiger partial charge on any atom is -0.348 e. The van der Waals surface area contributed by atoms with Crippen molar-refractivity contribution in [3.05, 3.63) is 102 Å². The van der Waals surface area contributed by atoms with E-state index in [4.69, 9.17) is 0 Å². The number of benzene rings is 2. The number of pyridine rings is 1. The Morgan fingerprint density at radius 1 is 0.714 bits per heavy atom. The summed E-state index contributed by atoms with van der Waals surface area (Å²) in [5, 5.41) is 13.1. The van der Waals surface area contributed by atoms with Gasteiger partial charge in [-0.2, -0.15) is 0 Å². The van der Waals surface area contributed by atoms with Crippen LogP contribution in [-0.2, 0) is 14.1 Å². The average molecular weight is 662 g/mol. The van der Waals surface area contributed by atoms with Gasteiger partial charge in [0.05, 0.1) is 5.69 Å². The topological polar surface area (TPSA) is 155 Å². The van der Waals surface area contributed by atoms with Crippen LogP contribution < -0.4 is 21.3 Å². The number of amides is 4. The third kappa shape index (κ3) is 8.19. The van der Waals surface area contributed by atoms with Gasteiger partial charge in [0.1, 0.15) is 11.4 Å². The summed E-state index contributed by atoms with van der Waals surface area (Å²) in [6.07, 6.45) is 9.78. The molecule has 0 radical (unpaired) electrons. The van der Waals surface area contributed by atoms with Crippen LogP contribution in [0.3, 0.4) is 0 Å². The fraction of sp³-hybridized carbons (Fsp3) is 0.278. The second-order valence-corrected chi connectivity index (χ2v) is 12.2. The summed E-state index contributed by atoms with van der Waals surface area (Å²) in [5.74, 6) is -1.03. The fourth-order valence-corrected chi connectivity index (χ4v) is 5.85. The Morgan fingerprint density at radius 2 is 1.43 bits per heavy atom. The fourth-order valence-electron chi connectivity index (χ4n) is 5.85. The van der Waals surface area contributed by atoms with E-state index >= 15 is 0 Å². The number of nitrogens with zero attached hydrogens (tertiary/aromatic N) is 5. The average Bonchev–Trinajstić information content (AvgIpc) is 3.54. The third-order valence-corrected chi connectivity index (χ3v) is 8.50. The molecule has 4 heterocycles. The molecular formula is C36H39N9O4. The van der Waals surface area contributed by atoms with Gasteiger partial charge in [0.15, 0.2) is 5.82 Å². The molecule has 3 aromatic heterocycles. The van der Waals surface area contributed by atoms with Crippen LogP contribution in [0.2, 0.25) is 0 Å². The van der Waals surface area contributed by atoms with Gasteiger partial charge >= 0.3 is 0 Å². The second kappa shape index (κ2) is 14.9. The van der Waals surface area contributed by atoms with E-state index in [1.54, 1.807) is 78.2 Å². The molecule has 0 spiro atoms. The Kier molecular flexibility index (Phi) is 10.1. The van der Waals surface area contributed by atoms with E-state index in [0.717, 1.165) is 30.4 Å². The monoisotopic (exact) mass is 661 g/mol. The lowest BCUT2D eigenvalue weighted by Crippen LogP contribution is -2.36. The molecule has 4 N–H and O–H groups in total. The predicted molar refractivity (Wildman–Crippen MR) is 188 cm³/mol. The van der Waals surface area contributed by atoms with Crippen molar-refractivity contribution in [3.63, 3.8) is 0 Å². The third-order valence-electron chi connectivity index (χ3n) is 8.50. The SMILES string of the molecule is Cn1cc(NC(=O)c2cc3ccccc3cn2)cc1C(=O)Nc1ccc(C(=O)Nc2cn(C)c(C(=O)NCCN3CCCCCC3)n2)cc1. The first-order valence-corrected chi connectivity index (χ1v) is 16.3. The Morgan fingerprint density at radius 3 is 2.18 bits per heavy atom. The van der Waals surface area contributed by atoms with Gasteiger partial charge < -0.3 is 35.3 Å². The molecule has 1 aliphatic heterocycles. The first-order chi connectivity index (χ1) is 23.7. The summed E-state index contributed by atoms with van der Waals surface area (Å²) in [4.78, 5) is 62.6. The molecule has 252 valence electrons. The molecule has 0 unspecified atom stereocenters. The van der Waals surface area contributed by atoms with Crippen LogP contribution in [0.5, 0.6) is 0 Å². The molecule has 13 nitrogen and oxygen atoms in total. The maximum atomic E-state index is 13.1. The highest BCUT2D eigenvalue weighted by atomic mass is 16.2. The van der Waals surface area contributed by atoms with E-state index in [9.17, 15) is 19.2 Å². The molecule has 1 saturated heterocycles. The van der Waals surface area contributed by atoms with E-state index in [1.165, 1.54) is 25.7 Å².